The highest BCUT2D eigenvalue weighted by atomic mass is 19.3. The zero-order valence-corrected chi connectivity index (χ0v) is 7.62. The zero-order valence-electron chi connectivity index (χ0n) is 7.62. The molecule has 0 saturated heterocycles. The van der Waals surface area contributed by atoms with E-state index in [0.717, 1.165) is 6.92 Å². The molecule has 0 fully saturated rings. The van der Waals surface area contributed by atoms with Crippen LogP contribution in [0, 0.1) is 0 Å². The van der Waals surface area contributed by atoms with Crippen LogP contribution in [0.4, 0.5) is 8.78 Å². The Kier molecular flexibility index (Phi) is 3.93. The van der Waals surface area contributed by atoms with Gasteiger partial charge in [0.25, 0.3) is 6.43 Å². The van der Waals surface area contributed by atoms with Crippen molar-refractivity contribution in [3.63, 3.8) is 0 Å². The maximum absolute atomic E-state index is 12.2. The molecule has 0 aromatic rings. The van der Waals surface area contributed by atoms with Crippen molar-refractivity contribution >= 4 is 11.9 Å². The lowest BCUT2D eigenvalue weighted by Crippen LogP contribution is -2.58. The minimum Gasteiger partial charge on any atom is -0.480 e. The lowest BCUT2D eigenvalue weighted by molar-refractivity contribution is -0.160. The van der Waals surface area contributed by atoms with Crippen LogP contribution >= 0.6 is 0 Å². The number of carboxylic acids is 1. The van der Waals surface area contributed by atoms with Gasteiger partial charge in [0, 0.05) is 6.92 Å². The van der Waals surface area contributed by atoms with E-state index >= 15 is 0 Å². The van der Waals surface area contributed by atoms with E-state index in [1.54, 1.807) is 5.32 Å². The molecule has 0 spiro atoms. The molecule has 1 amide bonds. The van der Waals surface area contributed by atoms with Crippen LogP contribution in [0.3, 0.4) is 0 Å². The third-order valence-electron chi connectivity index (χ3n) is 1.62. The average Bonchev–Trinajstić information content (AvgIpc) is 1.98. The molecule has 0 aliphatic heterocycles. The molecular formula is C7H11F2NO4. The second-order valence-electron chi connectivity index (χ2n) is 3.00. The van der Waals surface area contributed by atoms with Crippen molar-refractivity contribution in [1.29, 1.82) is 0 Å². The first-order valence-electron chi connectivity index (χ1n) is 3.70. The van der Waals surface area contributed by atoms with Crippen molar-refractivity contribution in [2.75, 3.05) is 0 Å². The zero-order chi connectivity index (χ0) is 11.5. The number of carbonyl (C=O) groups excluding carboxylic acids is 1. The molecule has 0 heterocycles. The Morgan fingerprint density at radius 2 is 1.86 bits per heavy atom. The van der Waals surface area contributed by atoms with Crippen molar-refractivity contribution in [3.05, 3.63) is 0 Å². The van der Waals surface area contributed by atoms with Gasteiger partial charge in [-0.25, -0.2) is 13.6 Å². The monoisotopic (exact) mass is 211 g/mol. The molecule has 5 nitrogen and oxygen atoms in total. The van der Waals surface area contributed by atoms with E-state index in [9.17, 15) is 18.4 Å². The highest BCUT2D eigenvalue weighted by Crippen LogP contribution is 2.19. The average molecular weight is 211 g/mol. The number of amides is 1. The summed E-state index contributed by atoms with van der Waals surface area (Å²) in [5, 5.41) is 19.4. The largest absolute Gasteiger partial charge is 0.480 e. The van der Waals surface area contributed by atoms with Crippen molar-refractivity contribution < 1.29 is 28.6 Å². The van der Waals surface area contributed by atoms with Crippen molar-refractivity contribution in [2.45, 2.75) is 31.9 Å². The summed E-state index contributed by atoms with van der Waals surface area (Å²) in [4.78, 5) is 21.0. The first kappa shape index (κ1) is 12.8. The molecule has 0 aromatic heterocycles. The Hall–Kier alpha value is -1.24. The van der Waals surface area contributed by atoms with Gasteiger partial charge >= 0.3 is 5.97 Å². The summed E-state index contributed by atoms with van der Waals surface area (Å²) in [5.41, 5.74) is -2.79. The van der Waals surface area contributed by atoms with E-state index < -0.39 is 29.9 Å². The van der Waals surface area contributed by atoms with Crippen LogP contribution in [-0.4, -0.2) is 40.2 Å². The van der Waals surface area contributed by atoms with Crippen LogP contribution in [0.25, 0.3) is 0 Å². The second-order valence-corrected chi connectivity index (χ2v) is 3.00. The van der Waals surface area contributed by atoms with Crippen LogP contribution in [0.15, 0.2) is 0 Å². The molecule has 0 saturated carbocycles. The third-order valence-corrected chi connectivity index (χ3v) is 1.62. The predicted molar refractivity (Wildman–Crippen MR) is 41.9 cm³/mol. The van der Waals surface area contributed by atoms with Gasteiger partial charge in [-0.15, -0.1) is 0 Å². The van der Waals surface area contributed by atoms with Gasteiger partial charge in [0.1, 0.15) is 0 Å². The molecule has 0 radical (unpaired) electrons. The van der Waals surface area contributed by atoms with Gasteiger partial charge in [0.15, 0.2) is 11.6 Å². The molecule has 3 N–H and O–H groups in total. The topological polar surface area (TPSA) is 86.6 Å². The van der Waals surface area contributed by atoms with Gasteiger partial charge in [0.2, 0.25) is 5.91 Å². The Morgan fingerprint density at radius 1 is 1.43 bits per heavy atom. The fourth-order valence-corrected chi connectivity index (χ4v) is 0.787. The smallest absolute Gasteiger partial charge is 0.329 e. The minimum atomic E-state index is -3.27. The quantitative estimate of drug-likeness (QED) is 0.590. The summed E-state index contributed by atoms with van der Waals surface area (Å²) in [5.74, 6) is -2.52. The molecule has 0 rings (SSSR count). The maximum atomic E-state index is 12.2. The number of aliphatic hydroxyl groups is 1. The fraction of sp³-hybridized carbons (Fsp3) is 0.714. The summed E-state index contributed by atoms with van der Waals surface area (Å²) in [7, 11) is 0. The van der Waals surface area contributed by atoms with Crippen LogP contribution in [0.2, 0.25) is 0 Å². The van der Waals surface area contributed by atoms with E-state index in [4.69, 9.17) is 10.2 Å². The molecule has 0 aliphatic rings. The second kappa shape index (κ2) is 4.32. The Bertz CT molecular complexity index is 242. The number of nitrogens with one attached hydrogen (secondary N) is 1. The van der Waals surface area contributed by atoms with E-state index in [1.807, 2.05) is 0 Å². The Balaban J connectivity index is 4.81. The van der Waals surface area contributed by atoms with E-state index in [0.29, 0.717) is 6.92 Å². The molecule has 0 aromatic carbocycles. The van der Waals surface area contributed by atoms with Crippen LogP contribution in [-0.2, 0) is 9.59 Å². The molecule has 7 heteroatoms. The van der Waals surface area contributed by atoms with Crippen molar-refractivity contribution in [2.24, 2.45) is 0 Å². The van der Waals surface area contributed by atoms with Gasteiger partial charge in [-0.1, -0.05) is 0 Å². The highest BCUT2D eigenvalue weighted by Gasteiger charge is 2.45. The molecular weight excluding hydrogens is 200 g/mol. The maximum Gasteiger partial charge on any atom is 0.329 e. The molecule has 14 heavy (non-hydrogen) atoms. The van der Waals surface area contributed by atoms with Crippen LogP contribution < -0.4 is 5.32 Å². The third kappa shape index (κ3) is 2.91. The summed E-state index contributed by atoms with van der Waals surface area (Å²) >= 11 is 0. The summed E-state index contributed by atoms with van der Waals surface area (Å²) < 4.78 is 24.4. The number of halogens is 2. The first-order valence-corrected chi connectivity index (χ1v) is 3.70. The summed E-state index contributed by atoms with van der Waals surface area (Å²) in [6.45, 7) is 1.61. The standard InChI is InChI=1S/C7H11F2NO4/c1-3(11)10-4(5(12)13)7(2,14)6(8)9/h4,6,14H,1-2H3,(H,10,11)(H,12,13). The van der Waals surface area contributed by atoms with Gasteiger partial charge in [-0.3, -0.25) is 4.79 Å². The number of rotatable bonds is 4. The number of alkyl halides is 2. The van der Waals surface area contributed by atoms with E-state index in [1.165, 1.54) is 0 Å². The molecule has 2 atom stereocenters. The van der Waals surface area contributed by atoms with Crippen LogP contribution in [0.5, 0.6) is 0 Å². The first-order chi connectivity index (χ1) is 6.19. The van der Waals surface area contributed by atoms with Gasteiger partial charge in [-0.05, 0) is 6.92 Å². The lowest BCUT2D eigenvalue weighted by Gasteiger charge is -2.29. The number of hydrogen-bond acceptors (Lipinski definition) is 3. The minimum absolute atomic E-state index is 0.645. The van der Waals surface area contributed by atoms with E-state index in [2.05, 4.69) is 0 Å². The Labute approximate surface area is 78.7 Å². The normalized spacial score (nSPS) is 17.3. The number of carbonyl (C=O) groups is 2. The van der Waals surface area contributed by atoms with Crippen molar-refractivity contribution in [3.8, 4) is 0 Å². The molecule has 82 valence electrons. The lowest BCUT2D eigenvalue weighted by atomic mass is 9.97. The predicted octanol–water partition coefficient (Wildman–Crippen LogP) is -0.408. The Morgan fingerprint density at radius 3 is 2.07 bits per heavy atom. The SMILES string of the molecule is CC(=O)NC(C(=O)O)C(C)(O)C(F)F. The van der Waals surface area contributed by atoms with Gasteiger partial charge in [-0.2, -0.15) is 0 Å². The number of carboxylic acid groups (broad SMARTS) is 1. The molecule has 0 bridgehead atoms. The van der Waals surface area contributed by atoms with Crippen LogP contribution in [0.1, 0.15) is 13.8 Å². The fourth-order valence-electron chi connectivity index (χ4n) is 0.787. The molecule has 2 unspecified atom stereocenters. The number of aliphatic carboxylic acids is 1. The molecule has 0 aliphatic carbocycles. The summed E-state index contributed by atoms with van der Waals surface area (Å²) in [6, 6.07) is -2.03. The van der Waals surface area contributed by atoms with E-state index in [-0.39, 0.29) is 0 Å². The van der Waals surface area contributed by atoms with Gasteiger partial charge in [0.05, 0.1) is 0 Å². The highest BCUT2D eigenvalue weighted by molar-refractivity contribution is 5.83. The van der Waals surface area contributed by atoms with Crippen molar-refractivity contribution in [1.82, 2.24) is 5.32 Å². The number of hydrogen-bond donors (Lipinski definition) is 3. The van der Waals surface area contributed by atoms with Gasteiger partial charge < -0.3 is 15.5 Å². The summed E-state index contributed by atoms with van der Waals surface area (Å²) in [6.07, 6.45) is -3.27.